The third kappa shape index (κ3) is 1.79. The summed E-state index contributed by atoms with van der Waals surface area (Å²) in [5, 5.41) is 2.73. The second-order valence-corrected chi connectivity index (χ2v) is 3.78. The molecule has 0 radical (unpaired) electrons. The van der Waals surface area contributed by atoms with E-state index in [-0.39, 0.29) is 5.70 Å². The molecule has 3 amide bonds. The van der Waals surface area contributed by atoms with Crippen LogP contribution >= 0.6 is 11.6 Å². The van der Waals surface area contributed by atoms with E-state index < -0.39 is 11.9 Å². The van der Waals surface area contributed by atoms with Crippen molar-refractivity contribution in [3.05, 3.63) is 40.5 Å². The van der Waals surface area contributed by atoms with E-state index in [1.807, 2.05) is 6.07 Å². The SMILES string of the molecule is CN1C(=O)NC(=O)/C1=C/c1ccccc1Cl. The maximum atomic E-state index is 11.4. The molecule has 4 nitrogen and oxygen atoms in total. The minimum Gasteiger partial charge on any atom is -0.292 e. The molecule has 1 aromatic carbocycles. The standard InChI is InChI=1S/C11H9ClN2O2/c1-14-9(10(15)13-11(14)16)6-7-4-2-3-5-8(7)12/h2-6H,1H3,(H,13,15,16)/b9-6-. The quantitative estimate of drug-likeness (QED) is 0.598. The topological polar surface area (TPSA) is 49.4 Å². The monoisotopic (exact) mass is 236 g/mol. The van der Waals surface area contributed by atoms with Crippen molar-refractivity contribution in [3.8, 4) is 0 Å². The highest BCUT2D eigenvalue weighted by atomic mass is 35.5. The molecule has 1 aliphatic rings. The lowest BCUT2D eigenvalue weighted by atomic mass is 10.2. The van der Waals surface area contributed by atoms with Crippen LogP contribution in [0.15, 0.2) is 30.0 Å². The summed E-state index contributed by atoms with van der Waals surface area (Å²) in [6.07, 6.45) is 1.59. The van der Waals surface area contributed by atoms with Crippen LogP contribution in [-0.2, 0) is 4.79 Å². The Bertz CT molecular complexity index is 497. The van der Waals surface area contributed by atoms with Gasteiger partial charge in [0.25, 0.3) is 5.91 Å². The second kappa shape index (κ2) is 3.98. The summed E-state index contributed by atoms with van der Waals surface area (Å²) in [7, 11) is 1.53. The Morgan fingerprint density at radius 3 is 2.56 bits per heavy atom. The van der Waals surface area contributed by atoms with E-state index >= 15 is 0 Å². The lowest BCUT2D eigenvalue weighted by Crippen LogP contribution is -2.24. The lowest BCUT2D eigenvalue weighted by molar-refractivity contribution is -0.115. The van der Waals surface area contributed by atoms with E-state index in [0.29, 0.717) is 10.6 Å². The van der Waals surface area contributed by atoms with Gasteiger partial charge in [-0.05, 0) is 17.7 Å². The molecule has 0 saturated carbocycles. The van der Waals surface area contributed by atoms with Crippen LogP contribution in [0.25, 0.3) is 6.08 Å². The van der Waals surface area contributed by atoms with Crippen molar-refractivity contribution < 1.29 is 9.59 Å². The maximum Gasteiger partial charge on any atom is 0.328 e. The van der Waals surface area contributed by atoms with Crippen molar-refractivity contribution in [1.82, 2.24) is 10.2 Å². The molecular weight excluding hydrogens is 228 g/mol. The Balaban J connectivity index is 2.42. The third-order valence-corrected chi connectivity index (χ3v) is 2.66. The number of urea groups is 1. The predicted molar refractivity (Wildman–Crippen MR) is 60.7 cm³/mol. The summed E-state index contributed by atoms with van der Waals surface area (Å²) in [5.74, 6) is -0.410. The fourth-order valence-electron chi connectivity index (χ4n) is 1.41. The number of hydrogen-bond donors (Lipinski definition) is 1. The number of imide groups is 1. The largest absolute Gasteiger partial charge is 0.328 e. The van der Waals surface area contributed by atoms with Gasteiger partial charge >= 0.3 is 6.03 Å². The first kappa shape index (κ1) is 10.7. The molecule has 1 fully saturated rings. The summed E-state index contributed by atoms with van der Waals surface area (Å²) in [4.78, 5) is 23.9. The zero-order chi connectivity index (χ0) is 11.7. The van der Waals surface area contributed by atoms with Gasteiger partial charge in [-0.1, -0.05) is 29.8 Å². The highest BCUT2D eigenvalue weighted by Gasteiger charge is 2.29. The van der Waals surface area contributed by atoms with Gasteiger partial charge in [0.15, 0.2) is 0 Å². The minimum atomic E-state index is -0.427. The molecule has 1 aromatic rings. The number of hydrogen-bond acceptors (Lipinski definition) is 2. The fraction of sp³-hybridized carbons (Fsp3) is 0.0909. The van der Waals surface area contributed by atoms with E-state index in [9.17, 15) is 9.59 Å². The van der Waals surface area contributed by atoms with Crippen LogP contribution in [0.5, 0.6) is 0 Å². The zero-order valence-corrected chi connectivity index (χ0v) is 9.28. The minimum absolute atomic E-state index is 0.290. The molecular formula is C11H9ClN2O2. The van der Waals surface area contributed by atoms with E-state index in [2.05, 4.69) is 5.32 Å². The lowest BCUT2D eigenvalue weighted by Gasteiger charge is -2.07. The molecule has 5 heteroatoms. The first-order chi connectivity index (χ1) is 7.59. The molecule has 82 valence electrons. The van der Waals surface area contributed by atoms with Crippen LogP contribution < -0.4 is 5.32 Å². The van der Waals surface area contributed by atoms with Gasteiger partial charge in [-0.2, -0.15) is 0 Å². The highest BCUT2D eigenvalue weighted by molar-refractivity contribution is 6.32. The summed E-state index contributed by atoms with van der Waals surface area (Å²) >= 11 is 5.95. The number of rotatable bonds is 1. The van der Waals surface area contributed by atoms with Crippen molar-refractivity contribution in [1.29, 1.82) is 0 Å². The van der Waals surface area contributed by atoms with Crippen molar-refractivity contribution in [2.45, 2.75) is 0 Å². The Morgan fingerprint density at radius 1 is 1.31 bits per heavy atom. The van der Waals surface area contributed by atoms with E-state index in [1.165, 1.54) is 11.9 Å². The van der Waals surface area contributed by atoms with Gasteiger partial charge in [0.05, 0.1) is 0 Å². The molecule has 16 heavy (non-hydrogen) atoms. The maximum absolute atomic E-state index is 11.4. The Morgan fingerprint density at radius 2 is 2.00 bits per heavy atom. The number of likely N-dealkylation sites (N-methyl/N-ethyl adjacent to an activating group) is 1. The summed E-state index contributed by atoms with van der Waals surface area (Å²) in [6.45, 7) is 0. The van der Waals surface area contributed by atoms with Gasteiger partial charge in [0.2, 0.25) is 0 Å². The normalized spacial score (nSPS) is 18.1. The van der Waals surface area contributed by atoms with Gasteiger partial charge in [-0.15, -0.1) is 0 Å². The molecule has 1 aliphatic heterocycles. The van der Waals surface area contributed by atoms with Gasteiger partial charge in [-0.3, -0.25) is 15.0 Å². The molecule has 0 atom stereocenters. The predicted octanol–water partition coefficient (Wildman–Crippen LogP) is 1.86. The zero-order valence-electron chi connectivity index (χ0n) is 8.53. The third-order valence-electron chi connectivity index (χ3n) is 2.32. The fourth-order valence-corrected chi connectivity index (χ4v) is 1.60. The van der Waals surface area contributed by atoms with Crippen LogP contribution in [0, 0.1) is 0 Å². The second-order valence-electron chi connectivity index (χ2n) is 3.37. The van der Waals surface area contributed by atoms with Crippen LogP contribution in [0.1, 0.15) is 5.56 Å². The number of amides is 3. The van der Waals surface area contributed by atoms with E-state index in [4.69, 9.17) is 11.6 Å². The van der Waals surface area contributed by atoms with Gasteiger partial charge < -0.3 is 0 Å². The Kier molecular flexibility index (Phi) is 2.66. The summed E-state index contributed by atoms with van der Waals surface area (Å²) < 4.78 is 0. The molecule has 0 spiro atoms. The first-order valence-corrected chi connectivity index (χ1v) is 5.02. The first-order valence-electron chi connectivity index (χ1n) is 4.65. The summed E-state index contributed by atoms with van der Waals surface area (Å²) in [6, 6.07) is 6.69. The molecule has 0 aromatic heterocycles. The Labute approximate surface area is 97.5 Å². The summed E-state index contributed by atoms with van der Waals surface area (Å²) in [5.41, 5.74) is 0.994. The van der Waals surface area contributed by atoms with Crippen LogP contribution in [0.3, 0.4) is 0 Å². The van der Waals surface area contributed by atoms with Crippen LogP contribution in [0.4, 0.5) is 4.79 Å². The number of nitrogens with zero attached hydrogens (tertiary/aromatic N) is 1. The average molecular weight is 237 g/mol. The van der Waals surface area contributed by atoms with Crippen molar-refractivity contribution >= 4 is 29.6 Å². The molecule has 1 heterocycles. The van der Waals surface area contributed by atoms with Gasteiger partial charge in [0, 0.05) is 12.1 Å². The highest BCUT2D eigenvalue weighted by Crippen LogP contribution is 2.20. The molecule has 1 saturated heterocycles. The van der Waals surface area contributed by atoms with E-state index in [1.54, 1.807) is 24.3 Å². The molecule has 2 rings (SSSR count). The number of nitrogens with one attached hydrogen (secondary N) is 1. The Hall–Kier alpha value is -1.81. The number of carbonyl (C=O) groups is 2. The van der Waals surface area contributed by atoms with Crippen molar-refractivity contribution in [2.75, 3.05) is 7.05 Å². The van der Waals surface area contributed by atoms with E-state index in [0.717, 1.165) is 0 Å². The van der Waals surface area contributed by atoms with Crippen molar-refractivity contribution in [2.24, 2.45) is 0 Å². The van der Waals surface area contributed by atoms with Crippen LogP contribution in [-0.4, -0.2) is 23.9 Å². The molecule has 0 unspecified atom stereocenters. The van der Waals surface area contributed by atoms with Gasteiger partial charge in [0.1, 0.15) is 5.70 Å². The smallest absolute Gasteiger partial charge is 0.292 e. The molecule has 0 bridgehead atoms. The number of halogens is 1. The number of benzene rings is 1. The van der Waals surface area contributed by atoms with Crippen molar-refractivity contribution in [3.63, 3.8) is 0 Å². The average Bonchev–Trinajstić information content (AvgIpc) is 2.48. The van der Waals surface area contributed by atoms with Crippen LogP contribution in [0.2, 0.25) is 5.02 Å². The molecule has 0 aliphatic carbocycles. The molecule has 1 N–H and O–H groups in total. The van der Waals surface area contributed by atoms with Gasteiger partial charge in [-0.25, -0.2) is 4.79 Å². The number of carbonyl (C=O) groups excluding carboxylic acids is 2.